The van der Waals surface area contributed by atoms with Crippen LogP contribution in [0.2, 0.25) is 0 Å². The Morgan fingerprint density at radius 1 is 1.47 bits per heavy atom. The molecule has 4 heteroatoms. The summed E-state index contributed by atoms with van der Waals surface area (Å²) in [5, 5.41) is 12.3. The molecule has 0 aliphatic carbocycles. The molecule has 80 valence electrons. The standard InChI is InChI=1S/C11H13NO3/c1-7(6-11(13)14)4-5-10-8(2)12-15-9(10)3/h4-6H,1-3H3,(H,13,14)/b5-4+,7-6-. The lowest BCUT2D eigenvalue weighted by molar-refractivity contribution is -0.131. The van der Waals surface area contributed by atoms with Crippen LogP contribution in [0.25, 0.3) is 6.08 Å². The topological polar surface area (TPSA) is 63.3 Å². The van der Waals surface area contributed by atoms with E-state index in [9.17, 15) is 4.79 Å². The van der Waals surface area contributed by atoms with Gasteiger partial charge < -0.3 is 9.63 Å². The van der Waals surface area contributed by atoms with Gasteiger partial charge >= 0.3 is 5.97 Å². The van der Waals surface area contributed by atoms with Crippen molar-refractivity contribution in [2.75, 3.05) is 0 Å². The Balaban J connectivity index is 2.87. The second-order valence-electron chi connectivity index (χ2n) is 3.30. The summed E-state index contributed by atoms with van der Waals surface area (Å²) >= 11 is 0. The second kappa shape index (κ2) is 4.59. The second-order valence-corrected chi connectivity index (χ2v) is 3.30. The van der Waals surface area contributed by atoms with Gasteiger partial charge in [0, 0.05) is 11.6 Å². The molecule has 0 radical (unpaired) electrons. The van der Waals surface area contributed by atoms with E-state index in [0.29, 0.717) is 5.57 Å². The number of aryl methyl sites for hydroxylation is 2. The third-order valence-electron chi connectivity index (χ3n) is 1.95. The van der Waals surface area contributed by atoms with Crippen LogP contribution in [0.4, 0.5) is 0 Å². The summed E-state index contributed by atoms with van der Waals surface area (Å²) < 4.78 is 4.97. The lowest BCUT2D eigenvalue weighted by Crippen LogP contribution is -1.88. The van der Waals surface area contributed by atoms with Gasteiger partial charge in [0.05, 0.1) is 5.69 Å². The first-order valence-corrected chi connectivity index (χ1v) is 4.53. The molecular formula is C11H13NO3. The van der Waals surface area contributed by atoms with Gasteiger partial charge in [0.2, 0.25) is 0 Å². The zero-order chi connectivity index (χ0) is 11.4. The number of aromatic nitrogens is 1. The lowest BCUT2D eigenvalue weighted by atomic mass is 10.1. The van der Waals surface area contributed by atoms with Crippen molar-refractivity contribution in [3.8, 4) is 0 Å². The van der Waals surface area contributed by atoms with Crippen LogP contribution in [-0.4, -0.2) is 16.2 Å². The van der Waals surface area contributed by atoms with Gasteiger partial charge in [-0.3, -0.25) is 0 Å². The van der Waals surface area contributed by atoms with E-state index in [1.165, 1.54) is 0 Å². The first-order chi connectivity index (χ1) is 7.00. The highest BCUT2D eigenvalue weighted by molar-refractivity contribution is 5.81. The van der Waals surface area contributed by atoms with Crippen molar-refractivity contribution < 1.29 is 14.4 Å². The maximum atomic E-state index is 10.4. The number of carboxylic acid groups (broad SMARTS) is 1. The van der Waals surface area contributed by atoms with E-state index in [0.717, 1.165) is 23.1 Å². The van der Waals surface area contributed by atoms with Crippen molar-refractivity contribution in [2.24, 2.45) is 0 Å². The average Bonchev–Trinajstić information content (AvgIpc) is 2.42. The molecule has 0 aromatic carbocycles. The van der Waals surface area contributed by atoms with Crippen molar-refractivity contribution in [1.29, 1.82) is 0 Å². The highest BCUT2D eigenvalue weighted by atomic mass is 16.5. The SMILES string of the molecule is CC(=C/C(=O)O)/C=C/c1c(C)noc1C. The van der Waals surface area contributed by atoms with Gasteiger partial charge in [-0.25, -0.2) is 4.79 Å². The van der Waals surface area contributed by atoms with Gasteiger partial charge in [0.1, 0.15) is 5.76 Å². The number of rotatable bonds is 3. The molecule has 15 heavy (non-hydrogen) atoms. The zero-order valence-electron chi connectivity index (χ0n) is 8.94. The van der Waals surface area contributed by atoms with E-state index in [2.05, 4.69) is 5.16 Å². The number of hydrogen-bond donors (Lipinski definition) is 1. The van der Waals surface area contributed by atoms with Crippen LogP contribution in [-0.2, 0) is 4.79 Å². The van der Waals surface area contributed by atoms with E-state index in [-0.39, 0.29) is 0 Å². The van der Waals surface area contributed by atoms with Crippen LogP contribution in [0.15, 0.2) is 22.2 Å². The largest absolute Gasteiger partial charge is 0.478 e. The summed E-state index contributed by atoms with van der Waals surface area (Å²) in [6, 6.07) is 0. The molecular weight excluding hydrogens is 194 g/mol. The van der Waals surface area contributed by atoms with Crippen LogP contribution < -0.4 is 0 Å². The Labute approximate surface area is 87.9 Å². The molecule has 0 bridgehead atoms. The number of hydrogen-bond acceptors (Lipinski definition) is 3. The Kier molecular flexibility index (Phi) is 3.44. The highest BCUT2D eigenvalue weighted by Gasteiger charge is 2.04. The third-order valence-corrected chi connectivity index (χ3v) is 1.95. The smallest absolute Gasteiger partial charge is 0.328 e. The zero-order valence-corrected chi connectivity index (χ0v) is 8.94. The third kappa shape index (κ3) is 3.09. The molecule has 0 atom stereocenters. The molecule has 0 saturated carbocycles. The van der Waals surface area contributed by atoms with Crippen LogP contribution in [0, 0.1) is 13.8 Å². The molecule has 1 rings (SSSR count). The maximum absolute atomic E-state index is 10.4. The van der Waals surface area contributed by atoms with Gasteiger partial charge in [-0.05, 0) is 32.4 Å². The molecule has 1 N–H and O–H groups in total. The van der Waals surface area contributed by atoms with Gasteiger partial charge in [0.25, 0.3) is 0 Å². The summed E-state index contributed by atoms with van der Waals surface area (Å²) in [6.07, 6.45) is 4.67. The molecule has 0 unspecified atom stereocenters. The molecule has 1 aromatic rings. The van der Waals surface area contributed by atoms with Gasteiger partial charge in [-0.1, -0.05) is 11.2 Å². The fraction of sp³-hybridized carbons (Fsp3) is 0.273. The van der Waals surface area contributed by atoms with Gasteiger partial charge in [-0.2, -0.15) is 0 Å². The molecule has 4 nitrogen and oxygen atoms in total. The summed E-state index contributed by atoms with van der Waals surface area (Å²) in [6.45, 7) is 5.38. The van der Waals surface area contributed by atoms with E-state index in [1.54, 1.807) is 19.1 Å². The monoisotopic (exact) mass is 207 g/mol. The van der Waals surface area contributed by atoms with Crippen LogP contribution in [0.3, 0.4) is 0 Å². The molecule has 1 heterocycles. The van der Waals surface area contributed by atoms with Crippen molar-refractivity contribution in [1.82, 2.24) is 5.16 Å². The molecule has 0 aliphatic rings. The number of carboxylic acids is 1. The van der Waals surface area contributed by atoms with Crippen molar-refractivity contribution >= 4 is 12.0 Å². The molecule has 0 aliphatic heterocycles. The molecule has 1 aromatic heterocycles. The number of nitrogens with zero attached hydrogens (tertiary/aromatic N) is 1. The first kappa shape index (κ1) is 11.2. The maximum Gasteiger partial charge on any atom is 0.328 e. The molecule has 0 saturated heterocycles. The van der Waals surface area contributed by atoms with Gasteiger partial charge in [-0.15, -0.1) is 0 Å². The molecule has 0 amide bonds. The van der Waals surface area contributed by atoms with Crippen molar-refractivity contribution in [3.05, 3.63) is 34.7 Å². The summed E-state index contributed by atoms with van der Waals surface area (Å²) in [5.41, 5.74) is 2.36. The van der Waals surface area contributed by atoms with E-state index < -0.39 is 5.97 Å². The molecule has 0 fully saturated rings. The fourth-order valence-corrected chi connectivity index (χ4v) is 1.19. The average molecular weight is 207 g/mol. The predicted octanol–water partition coefficient (Wildman–Crippen LogP) is 2.34. The summed E-state index contributed by atoms with van der Waals surface area (Å²) in [4.78, 5) is 10.4. The van der Waals surface area contributed by atoms with Gasteiger partial charge in [0.15, 0.2) is 0 Å². The van der Waals surface area contributed by atoms with Crippen LogP contribution in [0.5, 0.6) is 0 Å². The highest BCUT2D eigenvalue weighted by Crippen LogP contribution is 2.14. The van der Waals surface area contributed by atoms with Crippen LogP contribution >= 0.6 is 0 Å². The van der Waals surface area contributed by atoms with E-state index >= 15 is 0 Å². The predicted molar refractivity (Wildman–Crippen MR) is 56.4 cm³/mol. The Hall–Kier alpha value is -1.84. The van der Waals surface area contributed by atoms with Crippen molar-refractivity contribution in [3.63, 3.8) is 0 Å². The minimum atomic E-state index is -0.948. The minimum absolute atomic E-state index is 0.669. The Morgan fingerprint density at radius 2 is 2.13 bits per heavy atom. The van der Waals surface area contributed by atoms with E-state index in [4.69, 9.17) is 9.63 Å². The number of allylic oxidation sites excluding steroid dienone is 2. The fourth-order valence-electron chi connectivity index (χ4n) is 1.19. The van der Waals surface area contributed by atoms with E-state index in [1.807, 2.05) is 13.8 Å². The normalized spacial score (nSPS) is 12.3. The molecule has 0 spiro atoms. The lowest BCUT2D eigenvalue weighted by Gasteiger charge is -1.91. The Bertz CT molecular complexity index is 408. The Morgan fingerprint density at radius 3 is 2.60 bits per heavy atom. The van der Waals surface area contributed by atoms with Crippen LogP contribution in [0.1, 0.15) is 23.9 Å². The summed E-state index contributed by atoms with van der Waals surface area (Å²) in [5.74, 6) is -0.220. The number of aliphatic carboxylic acids is 1. The first-order valence-electron chi connectivity index (χ1n) is 4.53. The van der Waals surface area contributed by atoms with Crippen molar-refractivity contribution in [2.45, 2.75) is 20.8 Å². The summed E-state index contributed by atoms with van der Waals surface area (Å²) in [7, 11) is 0. The quantitative estimate of drug-likeness (QED) is 0.610. The minimum Gasteiger partial charge on any atom is -0.478 e. The number of carbonyl (C=O) groups is 1.